The van der Waals surface area contributed by atoms with Gasteiger partial charge < -0.3 is 4.57 Å². The Kier molecular flexibility index (Phi) is 6.97. The summed E-state index contributed by atoms with van der Waals surface area (Å²) < 4.78 is 2.55. The molecule has 1 nitrogen and oxygen atoms in total. The smallest absolute Gasteiger partial charge is 0.0745 e. The fraction of sp³-hybridized carbons (Fsp3) is 0.102. The molecule has 2 aliphatic carbocycles. The number of hydrogen-bond acceptors (Lipinski definition) is 2. The van der Waals surface area contributed by atoms with Gasteiger partial charge in [-0.05, 0) is 94.1 Å². The van der Waals surface area contributed by atoms with Crippen molar-refractivity contribution in [1.82, 2.24) is 4.57 Å². The van der Waals surface area contributed by atoms with Crippen LogP contribution in [-0.4, -0.2) is 4.57 Å². The minimum absolute atomic E-state index is 0.235. The topological polar surface area (TPSA) is 4.93 Å². The van der Waals surface area contributed by atoms with E-state index in [1.807, 2.05) is 23.5 Å². The highest BCUT2D eigenvalue weighted by atomic mass is 32.2. The second-order valence-corrected chi connectivity index (χ2v) is 16.3. The summed E-state index contributed by atoms with van der Waals surface area (Å²) in [6, 6.07) is 52.6. The summed E-state index contributed by atoms with van der Waals surface area (Å²) >= 11 is 3.91. The molecule has 6 aromatic carbocycles. The molecule has 3 heterocycles. The third-order valence-electron chi connectivity index (χ3n) is 11.6. The summed E-state index contributed by atoms with van der Waals surface area (Å²) in [7, 11) is 0. The number of aromatic nitrogens is 1. The summed E-state index contributed by atoms with van der Waals surface area (Å²) in [6.07, 6.45) is 14.7. The van der Waals surface area contributed by atoms with E-state index < -0.39 is 5.41 Å². The Hall–Kier alpha value is -5.22. The Morgan fingerprint density at radius 1 is 0.596 bits per heavy atom. The minimum atomic E-state index is -0.463. The maximum Gasteiger partial charge on any atom is 0.0745 e. The molecule has 1 aromatic heterocycles. The molecule has 2 unspecified atom stereocenters. The number of rotatable bonds is 3. The molecular weight excluding hydrogens is 667 g/mol. The highest BCUT2D eigenvalue weighted by molar-refractivity contribution is 8.00. The zero-order valence-corrected chi connectivity index (χ0v) is 30.3. The van der Waals surface area contributed by atoms with Gasteiger partial charge in [0.2, 0.25) is 0 Å². The molecule has 52 heavy (non-hydrogen) atoms. The van der Waals surface area contributed by atoms with Gasteiger partial charge in [0.05, 0.1) is 16.6 Å². The molecule has 4 aliphatic rings. The molecule has 0 saturated carbocycles. The van der Waals surface area contributed by atoms with Crippen LogP contribution in [0.5, 0.6) is 0 Å². The maximum atomic E-state index is 2.55. The molecular formula is C49H35NS2. The molecule has 2 atom stereocenters. The molecule has 0 saturated heterocycles. The normalized spacial score (nSPS) is 19.4. The summed E-state index contributed by atoms with van der Waals surface area (Å²) in [5, 5.41) is 1.37. The van der Waals surface area contributed by atoms with Gasteiger partial charge in [-0.15, -0.1) is 0 Å². The summed E-state index contributed by atoms with van der Waals surface area (Å²) in [4.78, 5) is 5.43. The lowest BCUT2D eigenvalue weighted by molar-refractivity contribution is 0.658. The number of nitrogens with zero attached hydrogens (tertiary/aromatic N) is 1. The van der Waals surface area contributed by atoms with Gasteiger partial charge >= 0.3 is 0 Å². The number of hydrogen-bond donors (Lipinski definition) is 0. The highest BCUT2D eigenvalue weighted by Gasteiger charge is 2.50. The zero-order valence-electron chi connectivity index (χ0n) is 28.6. The van der Waals surface area contributed by atoms with Crippen LogP contribution < -0.4 is 0 Å². The fourth-order valence-electron chi connectivity index (χ4n) is 9.46. The van der Waals surface area contributed by atoms with Crippen LogP contribution in [0, 0.1) is 0 Å². The quantitative estimate of drug-likeness (QED) is 0.181. The van der Waals surface area contributed by atoms with Crippen LogP contribution in [0.3, 0.4) is 0 Å². The first kappa shape index (κ1) is 30.4. The van der Waals surface area contributed by atoms with Crippen molar-refractivity contribution in [3.8, 4) is 11.1 Å². The van der Waals surface area contributed by atoms with Crippen molar-refractivity contribution in [3.63, 3.8) is 0 Å². The average Bonchev–Trinajstić information content (AvgIpc) is 3.56. The van der Waals surface area contributed by atoms with Gasteiger partial charge in [-0.1, -0.05) is 163 Å². The molecule has 0 bridgehead atoms. The van der Waals surface area contributed by atoms with Gasteiger partial charge in [-0.25, -0.2) is 0 Å². The molecule has 0 radical (unpaired) electrons. The van der Waals surface area contributed by atoms with E-state index >= 15 is 0 Å². The van der Waals surface area contributed by atoms with E-state index in [4.69, 9.17) is 0 Å². The second kappa shape index (κ2) is 11.9. The lowest BCUT2D eigenvalue weighted by atomic mass is 9.63. The van der Waals surface area contributed by atoms with E-state index in [0.29, 0.717) is 0 Å². The zero-order chi connectivity index (χ0) is 34.2. The number of allylic oxidation sites excluding steroid dienone is 5. The van der Waals surface area contributed by atoms with E-state index in [2.05, 4.69) is 174 Å². The van der Waals surface area contributed by atoms with E-state index in [9.17, 15) is 0 Å². The van der Waals surface area contributed by atoms with Crippen molar-refractivity contribution in [2.24, 2.45) is 0 Å². The van der Waals surface area contributed by atoms with Crippen LogP contribution in [0.2, 0.25) is 0 Å². The molecule has 3 heteroatoms. The van der Waals surface area contributed by atoms with Crippen LogP contribution in [-0.2, 0) is 5.41 Å². The van der Waals surface area contributed by atoms with Crippen LogP contribution >= 0.6 is 23.5 Å². The molecule has 248 valence electrons. The van der Waals surface area contributed by atoms with Crippen molar-refractivity contribution in [2.45, 2.75) is 50.2 Å². The predicted molar refractivity (Wildman–Crippen MR) is 219 cm³/mol. The predicted octanol–water partition coefficient (Wildman–Crippen LogP) is 13.4. The van der Waals surface area contributed by atoms with Crippen molar-refractivity contribution < 1.29 is 0 Å². The number of benzene rings is 6. The van der Waals surface area contributed by atoms with Gasteiger partial charge in [-0.3, -0.25) is 0 Å². The standard InChI is InChI=1S/C49H35NS2/c1-3-16-32(17-4-1)34-21-13-26-40-47(34)51-44-30-11-8-24-38(44)49(40)39-25-9-12-31-45(39)52-48-36(23-14-27-41(48)49)35-22-15-29-43-46(35)37-20-7-10-28-42(37)50(43)33-18-5-2-6-19-33/h1-5,7-18,20-21,23-31,35H,6,19,22H2. The Morgan fingerprint density at radius 3 is 2.06 bits per heavy atom. The molecule has 7 aromatic rings. The Morgan fingerprint density at radius 2 is 1.27 bits per heavy atom. The molecule has 0 amide bonds. The van der Waals surface area contributed by atoms with Gasteiger partial charge in [0.15, 0.2) is 0 Å². The fourth-order valence-corrected chi connectivity index (χ4v) is 12.1. The van der Waals surface area contributed by atoms with Crippen LogP contribution in [0.4, 0.5) is 0 Å². The van der Waals surface area contributed by atoms with Crippen molar-refractivity contribution >= 4 is 46.2 Å². The Balaban J connectivity index is 1.21. The van der Waals surface area contributed by atoms with E-state index in [1.54, 1.807) is 0 Å². The van der Waals surface area contributed by atoms with Gasteiger partial charge in [0.25, 0.3) is 0 Å². The lowest BCUT2D eigenvalue weighted by Crippen LogP contribution is -2.37. The first-order valence-electron chi connectivity index (χ1n) is 18.4. The monoisotopic (exact) mass is 701 g/mol. The highest BCUT2D eigenvalue weighted by Crippen LogP contribution is 2.64. The third-order valence-corrected chi connectivity index (χ3v) is 14.0. The van der Waals surface area contributed by atoms with Gasteiger partial charge in [0.1, 0.15) is 0 Å². The average molecular weight is 702 g/mol. The SMILES string of the molecule is C1=CCCC(n2c3c(c4ccccc42)C(c2cccc4c2Sc2ccccc2C42c4ccccc4Sc4c(-c5ccccc5)cccc42)CC=C3)=C1. The molecule has 0 fully saturated rings. The van der Waals surface area contributed by atoms with E-state index in [1.165, 1.54) is 86.4 Å². The first-order chi connectivity index (χ1) is 25.8. The molecule has 2 aliphatic heterocycles. The Bertz CT molecular complexity index is 2660. The van der Waals surface area contributed by atoms with E-state index in [0.717, 1.165) is 19.3 Å². The molecule has 0 N–H and O–H groups in total. The van der Waals surface area contributed by atoms with Gasteiger partial charge in [-0.2, -0.15) is 0 Å². The van der Waals surface area contributed by atoms with E-state index in [-0.39, 0.29) is 5.92 Å². The van der Waals surface area contributed by atoms with Crippen molar-refractivity contribution in [1.29, 1.82) is 0 Å². The largest absolute Gasteiger partial charge is 0.313 e. The first-order valence-corrected chi connectivity index (χ1v) is 20.0. The third kappa shape index (κ3) is 4.27. The number of fused-ring (bicyclic) bond motifs is 11. The van der Waals surface area contributed by atoms with Crippen LogP contribution in [0.1, 0.15) is 64.3 Å². The second-order valence-electron chi connectivity index (χ2n) is 14.2. The maximum absolute atomic E-state index is 2.55. The van der Waals surface area contributed by atoms with Crippen molar-refractivity contribution in [3.05, 3.63) is 203 Å². The summed E-state index contributed by atoms with van der Waals surface area (Å²) in [5.74, 6) is 0.235. The molecule has 11 rings (SSSR count). The number of para-hydroxylation sites is 1. The minimum Gasteiger partial charge on any atom is -0.313 e. The lowest BCUT2D eigenvalue weighted by Gasteiger charge is -2.46. The Labute approximate surface area is 313 Å². The summed E-state index contributed by atoms with van der Waals surface area (Å²) in [5.41, 5.74) is 14.5. The summed E-state index contributed by atoms with van der Waals surface area (Å²) in [6.45, 7) is 0. The van der Waals surface area contributed by atoms with Crippen molar-refractivity contribution in [2.75, 3.05) is 0 Å². The molecule has 1 spiro atoms. The van der Waals surface area contributed by atoms with Gasteiger partial charge in [0, 0.05) is 36.6 Å². The van der Waals surface area contributed by atoms with Crippen LogP contribution in [0.15, 0.2) is 183 Å². The van der Waals surface area contributed by atoms with Crippen LogP contribution in [0.25, 0.3) is 33.8 Å².